The molecule has 0 spiro atoms. The summed E-state index contributed by atoms with van der Waals surface area (Å²) in [6.45, 7) is 11.9. The van der Waals surface area contributed by atoms with Gasteiger partial charge in [0.05, 0.1) is 0 Å². The van der Waals surface area contributed by atoms with E-state index < -0.39 is 0 Å². The number of hydrogen-bond donors (Lipinski definition) is 0. The van der Waals surface area contributed by atoms with Crippen molar-refractivity contribution in [2.24, 2.45) is 0 Å². The van der Waals surface area contributed by atoms with Crippen LogP contribution in [-0.2, 0) is 17.3 Å². The van der Waals surface area contributed by atoms with Gasteiger partial charge in [0.2, 0.25) is 0 Å². The first-order chi connectivity index (χ1) is 21.7. The van der Waals surface area contributed by atoms with Crippen LogP contribution in [0, 0.1) is 0 Å². The molecule has 1 unspecified atom stereocenters. The molecule has 0 aliphatic heterocycles. The van der Waals surface area contributed by atoms with Gasteiger partial charge in [-0.2, -0.15) is 0 Å². The highest BCUT2D eigenvalue weighted by Gasteiger charge is 2.46. The predicted octanol–water partition coefficient (Wildman–Crippen LogP) is 12.0. The maximum atomic E-state index is 2.56. The lowest BCUT2D eigenvalue weighted by atomic mass is 9.69. The Morgan fingerprint density at radius 3 is 2.24 bits per heavy atom. The zero-order chi connectivity index (χ0) is 30.4. The van der Waals surface area contributed by atoms with Crippen LogP contribution in [-0.4, -0.2) is 0 Å². The smallest absolute Gasteiger partial charge is 0.0317 e. The Balaban J connectivity index is 1.14. The van der Waals surface area contributed by atoms with Gasteiger partial charge in [0.1, 0.15) is 0 Å². The minimum atomic E-state index is -0.0506. The van der Waals surface area contributed by atoms with Crippen LogP contribution in [0.3, 0.4) is 0 Å². The molecule has 4 aliphatic carbocycles. The van der Waals surface area contributed by atoms with Gasteiger partial charge in [0.25, 0.3) is 0 Å². The van der Waals surface area contributed by atoms with Crippen molar-refractivity contribution in [3.05, 3.63) is 142 Å². The summed E-state index contributed by atoms with van der Waals surface area (Å²) in [5.74, 6) is 0.319. The van der Waals surface area contributed by atoms with Crippen LogP contribution in [0.15, 0.2) is 109 Å². The molecule has 4 aliphatic rings. The number of rotatable bonds is 1. The summed E-state index contributed by atoms with van der Waals surface area (Å²) in [7, 11) is 0. The third-order valence-corrected chi connectivity index (χ3v) is 11.5. The lowest BCUT2D eigenvalue weighted by Crippen LogP contribution is -2.20. The molecule has 0 saturated heterocycles. The molecule has 0 amide bonds. The van der Waals surface area contributed by atoms with Crippen LogP contribution in [0.4, 0.5) is 0 Å². The van der Waals surface area contributed by atoms with Crippen LogP contribution in [0.5, 0.6) is 0 Å². The first-order valence-electron chi connectivity index (χ1n) is 16.5. The summed E-state index contributed by atoms with van der Waals surface area (Å²) in [4.78, 5) is 0. The van der Waals surface area contributed by atoms with E-state index in [9.17, 15) is 0 Å². The second kappa shape index (κ2) is 8.32. The van der Waals surface area contributed by atoms with Crippen molar-refractivity contribution in [3.63, 3.8) is 0 Å². The SMILES string of the molecule is CC(C)(C)c1cc2c3c4c(ccc3c1)C=C1C(C4=CC2)c2ccc(-c3ccc4c5c(cccc35)-c3ccccc3-4)cc2C1(C)C. The summed E-state index contributed by atoms with van der Waals surface area (Å²) in [5, 5.41) is 5.61. The Kier molecular flexibility index (Phi) is 4.74. The van der Waals surface area contributed by atoms with E-state index in [1.807, 2.05) is 0 Å². The average Bonchev–Trinajstić information content (AvgIpc) is 3.48. The van der Waals surface area contributed by atoms with E-state index in [1.165, 1.54) is 93.9 Å². The van der Waals surface area contributed by atoms with Crippen molar-refractivity contribution in [1.29, 1.82) is 0 Å². The highest BCUT2D eigenvalue weighted by Crippen LogP contribution is 2.61. The minimum Gasteiger partial charge on any atom is -0.0753 e. The van der Waals surface area contributed by atoms with Gasteiger partial charge >= 0.3 is 0 Å². The Morgan fingerprint density at radius 2 is 1.44 bits per heavy atom. The van der Waals surface area contributed by atoms with Gasteiger partial charge < -0.3 is 0 Å². The summed E-state index contributed by atoms with van der Waals surface area (Å²) in [5.41, 5.74) is 20.0. The van der Waals surface area contributed by atoms with Gasteiger partial charge in [-0.05, 0) is 117 Å². The molecular weight excluding hydrogens is 540 g/mol. The Hall–Kier alpha value is -4.68. The van der Waals surface area contributed by atoms with E-state index >= 15 is 0 Å². The zero-order valence-electron chi connectivity index (χ0n) is 26.7. The molecule has 0 heteroatoms. The van der Waals surface area contributed by atoms with Gasteiger partial charge in [0.15, 0.2) is 0 Å². The molecule has 6 aromatic carbocycles. The number of fused-ring (bicyclic) bond motifs is 7. The molecule has 0 fully saturated rings. The van der Waals surface area contributed by atoms with Crippen LogP contribution < -0.4 is 0 Å². The van der Waals surface area contributed by atoms with Gasteiger partial charge in [-0.25, -0.2) is 0 Å². The quantitative estimate of drug-likeness (QED) is 0.182. The van der Waals surface area contributed by atoms with Crippen LogP contribution in [0.2, 0.25) is 0 Å². The normalized spacial score (nSPS) is 18.0. The molecule has 1 atom stereocenters. The van der Waals surface area contributed by atoms with Crippen molar-refractivity contribution in [2.75, 3.05) is 0 Å². The lowest BCUT2D eigenvalue weighted by Gasteiger charge is -2.34. The van der Waals surface area contributed by atoms with Gasteiger partial charge in [-0.3, -0.25) is 0 Å². The Morgan fingerprint density at radius 1 is 0.689 bits per heavy atom. The van der Waals surface area contributed by atoms with Crippen LogP contribution in [0.25, 0.3) is 66.6 Å². The molecule has 0 aromatic heterocycles. The molecule has 0 radical (unpaired) electrons. The molecular formula is C45H36. The van der Waals surface area contributed by atoms with E-state index in [-0.39, 0.29) is 10.8 Å². The highest BCUT2D eigenvalue weighted by atomic mass is 14.5. The van der Waals surface area contributed by atoms with E-state index in [2.05, 4.69) is 144 Å². The highest BCUT2D eigenvalue weighted by molar-refractivity contribution is 6.18. The van der Waals surface area contributed by atoms with E-state index in [1.54, 1.807) is 5.57 Å². The monoisotopic (exact) mass is 576 g/mol. The van der Waals surface area contributed by atoms with E-state index in [0.717, 1.165) is 6.42 Å². The maximum Gasteiger partial charge on any atom is 0.0317 e. The van der Waals surface area contributed by atoms with Crippen LogP contribution >= 0.6 is 0 Å². The van der Waals surface area contributed by atoms with E-state index in [4.69, 9.17) is 0 Å². The van der Waals surface area contributed by atoms with Gasteiger partial charge in [-0.15, -0.1) is 0 Å². The maximum absolute atomic E-state index is 2.56. The first kappa shape index (κ1) is 25.6. The minimum absolute atomic E-state index is 0.0506. The van der Waals surface area contributed by atoms with Gasteiger partial charge in [0, 0.05) is 11.3 Å². The molecule has 0 N–H and O–H groups in total. The van der Waals surface area contributed by atoms with Crippen molar-refractivity contribution >= 4 is 33.2 Å². The van der Waals surface area contributed by atoms with Crippen LogP contribution in [0.1, 0.15) is 73.9 Å². The summed E-state index contributed by atoms with van der Waals surface area (Å²) in [6, 6.07) is 37.5. The summed E-state index contributed by atoms with van der Waals surface area (Å²) in [6.07, 6.45) is 6.11. The topological polar surface area (TPSA) is 0 Å². The molecule has 216 valence electrons. The molecule has 0 bridgehead atoms. The zero-order valence-corrected chi connectivity index (χ0v) is 26.7. The lowest BCUT2D eigenvalue weighted by molar-refractivity contribution is 0.590. The average molecular weight is 577 g/mol. The molecule has 0 heterocycles. The fraction of sp³-hybridized carbons (Fsp3) is 0.200. The largest absolute Gasteiger partial charge is 0.0753 e. The summed E-state index contributed by atoms with van der Waals surface area (Å²) < 4.78 is 0. The van der Waals surface area contributed by atoms with Crippen molar-refractivity contribution in [1.82, 2.24) is 0 Å². The third kappa shape index (κ3) is 3.22. The number of benzene rings is 6. The van der Waals surface area contributed by atoms with E-state index in [0.29, 0.717) is 5.92 Å². The standard InChI is InChI=1S/C45H36/c1-44(2,3)29-21-26-13-14-28-24-39-43(37-18-16-27(22-29)40(26)41(28)37)36-17-15-25(23-38(36)45(39,4)5)30-19-20-35-32-10-7-6-9-31(32)34-12-8-11-33(30)42(34)35/h6-15,17-24,43H,16H2,1-5H3. The van der Waals surface area contributed by atoms with Crippen molar-refractivity contribution < 1.29 is 0 Å². The molecule has 0 nitrogen and oxygen atoms in total. The Labute approximate surface area is 265 Å². The second-order valence-corrected chi connectivity index (χ2v) is 15.3. The molecule has 0 saturated carbocycles. The van der Waals surface area contributed by atoms with Crippen molar-refractivity contribution in [2.45, 2.75) is 57.8 Å². The molecule has 45 heavy (non-hydrogen) atoms. The number of allylic oxidation sites excluding steroid dienone is 3. The fourth-order valence-electron chi connectivity index (χ4n) is 9.21. The second-order valence-electron chi connectivity index (χ2n) is 15.3. The summed E-state index contributed by atoms with van der Waals surface area (Å²) >= 11 is 0. The third-order valence-electron chi connectivity index (χ3n) is 11.5. The molecule has 10 rings (SSSR count). The number of hydrogen-bond acceptors (Lipinski definition) is 0. The predicted molar refractivity (Wildman–Crippen MR) is 192 cm³/mol. The van der Waals surface area contributed by atoms with Gasteiger partial charge in [-0.1, -0.05) is 138 Å². The van der Waals surface area contributed by atoms with Crippen molar-refractivity contribution in [3.8, 4) is 33.4 Å². The fourth-order valence-corrected chi connectivity index (χ4v) is 9.21. The first-order valence-corrected chi connectivity index (χ1v) is 16.5. The Bertz CT molecular complexity index is 2370. The molecule has 6 aromatic rings.